The maximum atomic E-state index is 5.72. The summed E-state index contributed by atoms with van der Waals surface area (Å²) in [5.41, 5.74) is 0. The Morgan fingerprint density at radius 3 is 1.67 bits per heavy atom. The van der Waals surface area contributed by atoms with E-state index in [1.54, 1.807) is 0 Å². The van der Waals surface area contributed by atoms with Crippen LogP contribution in [0.5, 0.6) is 11.5 Å². The van der Waals surface area contributed by atoms with Gasteiger partial charge in [-0.2, -0.15) is 0 Å². The number of ether oxygens (including phenoxy) is 2. The van der Waals surface area contributed by atoms with Crippen LogP contribution in [-0.2, 0) is 0 Å². The van der Waals surface area contributed by atoms with E-state index in [4.69, 9.17) is 9.47 Å². The molecule has 0 bridgehead atoms. The monoisotopic (exact) mass is 604 g/mol. The molecule has 1 saturated heterocycles. The molecule has 1 aliphatic heterocycles. The Morgan fingerprint density at radius 1 is 0.733 bits per heavy atom. The summed E-state index contributed by atoms with van der Waals surface area (Å²) in [6.45, 7) is 7.47. The molecule has 3 rings (SSSR count). The van der Waals surface area contributed by atoms with Crippen LogP contribution in [0.3, 0.4) is 0 Å². The van der Waals surface area contributed by atoms with Crippen molar-refractivity contribution in [1.82, 2.24) is 9.80 Å². The molecule has 1 heterocycles. The Labute approximate surface area is 206 Å². The average Bonchev–Trinajstić information content (AvgIpc) is 2.76. The van der Waals surface area contributed by atoms with Crippen LogP contribution in [0.1, 0.15) is 12.8 Å². The van der Waals surface area contributed by atoms with Gasteiger partial charge < -0.3 is 19.3 Å². The maximum Gasteiger partial charge on any atom is 0.119 e. The summed E-state index contributed by atoms with van der Waals surface area (Å²) in [5, 5.41) is 0.990. The fourth-order valence-electron chi connectivity index (χ4n) is 2.86. The summed E-state index contributed by atoms with van der Waals surface area (Å²) in [5.74, 6) is 1.88. The zero-order valence-electron chi connectivity index (χ0n) is 17.5. The summed E-state index contributed by atoms with van der Waals surface area (Å²) in [6, 6.07) is 15.9. The smallest absolute Gasteiger partial charge is 0.119 e. The third-order valence-corrected chi connectivity index (χ3v) is 6.28. The second-order valence-electron chi connectivity index (χ2n) is 7.15. The predicted octanol–water partition coefficient (Wildman–Crippen LogP) is 6.08. The summed E-state index contributed by atoms with van der Waals surface area (Å²) in [4.78, 5) is 4.90. The van der Waals surface area contributed by atoms with E-state index in [9.17, 15) is 0 Å². The molecule has 0 spiro atoms. The molecule has 1 aliphatic rings. The highest BCUT2D eigenvalue weighted by Crippen LogP contribution is 2.17. The van der Waals surface area contributed by atoms with Crippen molar-refractivity contribution in [3.05, 3.63) is 57.5 Å². The van der Waals surface area contributed by atoms with Gasteiger partial charge in [-0.05, 0) is 68.4 Å². The lowest BCUT2D eigenvalue weighted by molar-refractivity contribution is 0.145. The zero-order valence-corrected chi connectivity index (χ0v) is 22.3. The van der Waals surface area contributed by atoms with Crippen LogP contribution in [0.25, 0.3) is 0 Å². The van der Waals surface area contributed by atoms with E-state index in [0.717, 1.165) is 58.4 Å². The number of likely N-dealkylation sites (N-methyl/N-ethyl adjacent to an activating group) is 1. The van der Waals surface area contributed by atoms with Gasteiger partial charge in [-0.25, -0.2) is 0 Å². The van der Waals surface area contributed by atoms with E-state index in [1.807, 2.05) is 48.5 Å². The standard InChI is InChI=1S/C14H21BrN2O.C9H10Br2O/c1-16-8-10-17(11-9-16)7-2-12-18-14-5-3-13(15)4-6-14;10-6-1-7-12-9-4-2-8(11)3-5-9/h3-6H,2,7-12H2,1H3;2-5H,1,6-7H2. The number of benzene rings is 2. The number of alkyl halides is 1. The SMILES string of the molecule is BrCCCOc1ccc(Br)cc1.CN1CCN(CCCOc2ccc(Br)cc2)CC1. The Morgan fingerprint density at radius 2 is 1.20 bits per heavy atom. The zero-order chi connectivity index (χ0) is 21.6. The van der Waals surface area contributed by atoms with Crippen molar-refractivity contribution >= 4 is 47.8 Å². The van der Waals surface area contributed by atoms with Crippen LogP contribution in [0.2, 0.25) is 0 Å². The minimum atomic E-state index is 0.771. The molecule has 0 atom stereocenters. The Kier molecular flexibility index (Phi) is 13.0. The van der Waals surface area contributed by atoms with Crippen LogP contribution in [0, 0.1) is 0 Å². The highest BCUT2D eigenvalue weighted by atomic mass is 79.9. The Hall–Kier alpha value is -0.600. The summed E-state index contributed by atoms with van der Waals surface area (Å²) >= 11 is 10.1. The molecule has 1 fully saturated rings. The van der Waals surface area contributed by atoms with Gasteiger partial charge in [0.05, 0.1) is 13.2 Å². The fraction of sp³-hybridized carbons (Fsp3) is 0.478. The molecular formula is C23H31Br3N2O2. The molecule has 0 unspecified atom stereocenters. The average molecular weight is 607 g/mol. The normalized spacial score (nSPS) is 14.7. The minimum absolute atomic E-state index is 0.771. The molecule has 0 radical (unpaired) electrons. The fourth-order valence-corrected chi connectivity index (χ4v) is 3.61. The molecule has 0 aromatic heterocycles. The second kappa shape index (κ2) is 15.2. The highest BCUT2D eigenvalue weighted by molar-refractivity contribution is 9.10. The van der Waals surface area contributed by atoms with E-state index >= 15 is 0 Å². The first-order valence-electron chi connectivity index (χ1n) is 10.3. The number of rotatable bonds is 9. The molecule has 2 aromatic rings. The summed E-state index contributed by atoms with van der Waals surface area (Å²) < 4.78 is 13.3. The number of nitrogens with zero attached hydrogens (tertiary/aromatic N) is 2. The molecule has 2 aromatic carbocycles. The van der Waals surface area contributed by atoms with Crippen molar-refractivity contribution in [2.75, 3.05) is 58.3 Å². The maximum absolute atomic E-state index is 5.72. The topological polar surface area (TPSA) is 24.9 Å². The van der Waals surface area contributed by atoms with Crippen molar-refractivity contribution in [1.29, 1.82) is 0 Å². The molecule has 0 aliphatic carbocycles. The largest absolute Gasteiger partial charge is 0.494 e. The second-order valence-corrected chi connectivity index (χ2v) is 9.77. The van der Waals surface area contributed by atoms with Gasteiger partial charge in [-0.15, -0.1) is 0 Å². The lowest BCUT2D eigenvalue weighted by Gasteiger charge is -2.32. The van der Waals surface area contributed by atoms with Gasteiger partial charge in [0.15, 0.2) is 0 Å². The van der Waals surface area contributed by atoms with Gasteiger partial charge in [-0.1, -0.05) is 47.8 Å². The minimum Gasteiger partial charge on any atom is -0.494 e. The van der Waals surface area contributed by atoms with E-state index in [2.05, 4.69) is 64.6 Å². The van der Waals surface area contributed by atoms with E-state index in [0.29, 0.717) is 0 Å². The van der Waals surface area contributed by atoms with Gasteiger partial charge in [0.2, 0.25) is 0 Å². The molecule has 30 heavy (non-hydrogen) atoms. The van der Waals surface area contributed by atoms with Gasteiger partial charge in [0.25, 0.3) is 0 Å². The third kappa shape index (κ3) is 11.1. The molecule has 0 saturated carbocycles. The molecular weight excluding hydrogens is 576 g/mol. The molecule has 0 amide bonds. The third-order valence-electron chi connectivity index (χ3n) is 4.66. The van der Waals surface area contributed by atoms with Gasteiger partial charge in [-0.3, -0.25) is 0 Å². The van der Waals surface area contributed by atoms with E-state index in [1.165, 1.54) is 26.2 Å². The van der Waals surface area contributed by atoms with Crippen LogP contribution in [-0.4, -0.2) is 68.1 Å². The Bertz CT molecular complexity index is 691. The van der Waals surface area contributed by atoms with Crippen LogP contribution < -0.4 is 9.47 Å². The molecule has 4 nitrogen and oxygen atoms in total. The van der Waals surface area contributed by atoms with Crippen molar-refractivity contribution in [2.45, 2.75) is 12.8 Å². The first kappa shape index (κ1) is 25.7. The number of hydrogen-bond acceptors (Lipinski definition) is 4. The van der Waals surface area contributed by atoms with Crippen molar-refractivity contribution in [3.63, 3.8) is 0 Å². The van der Waals surface area contributed by atoms with Crippen molar-refractivity contribution in [3.8, 4) is 11.5 Å². The molecule has 166 valence electrons. The van der Waals surface area contributed by atoms with Crippen LogP contribution in [0.4, 0.5) is 0 Å². The van der Waals surface area contributed by atoms with Gasteiger partial charge in [0, 0.05) is 47.0 Å². The quantitative estimate of drug-likeness (QED) is 0.255. The van der Waals surface area contributed by atoms with Crippen LogP contribution >= 0.6 is 47.8 Å². The van der Waals surface area contributed by atoms with Crippen LogP contribution in [0.15, 0.2) is 57.5 Å². The summed E-state index contributed by atoms with van der Waals surface area (Å²) in [7, 11) is 2.19. The lowest BCUT2D eigenvalue weighted by atomic mass is 10.3. The van der Waals surface area contributed by atoms with Gasteiger partial charge >= 0.3 is 0 Å². The number of piperazine rings is 1. The highest BCUT2D eigenvalue weighted by Gasteiger charge is 2.12. The summed E-state index contributed by atoms with van der Waals surface area (Å²) in [6.07, 6.45) is 2.13. The lowest BCUT2D eigenvalue weighted by Crippen LogP contribution is -2.44. The molecule has 7 heteroatoms. The van der Waals surface area contributed by atoms with E-state index < -0.39 is 0 Å². The van der Waals surface area contributed by atoms with Gasteiger partial charge in [0.1, 0.15) is 11.5 Å². The Balaban J connectivity index is 0.000000232. The predicted molar refractivity (Wildman–Crippen MR) is 136 cm³/mol. The number of hydrogen-bond donors (Lipinski definition) is 0. The first-order valence-corrected chi connectivity index (χ1v) is 13.0. The first-order chi connectivity index (χ1) is 14.6. The van der Waals surface area contributed by atoms with Crippen molar-refractivity contribution < 1.29 is 9.47 Å². The van der Waals surface area contributed by atoms with Crippen molar-refractivity contribution in [2.24, 2.45) is 0 Å². The van der Waals surface area contributed by atoms with E-state index in [-0.39, 0.29) is 0 Å². The molecule has 0 N–H and O–H groups in total. The number of halogens is 3.